The van der Waals surface area contributed by atoms with Crippen LogP contribution in [0.3, 0.4) is 0 Å². The van der Waals surface area contributed by atoms with E-state index in [1.807, 2.05) is 20.0 Å². The molecule has 0 spiro atoms. The monoisotopic (exact) mass is 350 g/mol. The van der Waals surface area contributed by atoms with Gasteiger partial charge in [-0.1, -0.05) is 0 Å². The van der Waals surface area contributed by atoms with Crippen LogP contribution in [0.1, 0.15) is 29.7 Å². The molecule has 0 bridgehead atoms. The number of aromatic nitrogens is 1. The molecule has 7 nitrogen and oxygen atoms in total. The van der Waals surface area contributed by atoms with Crippen LogP contribution in [0.2, 0.25) is 0 Å². The summed E-state index contributed by atoms with van der Waals surface area (Å²) in [5.74, 6) is 1.59. The van der Waals surface area contributed by atoms with E-state index in [1.54, 1.807) is 14.2 Å². The zero-order valence-electron chi connectivity index (χ0n) is 15.7. The Morgan fingerprint density at radius 2 is 2.24 bits per heavy atom. The van der Waals surface area contributed by atoms with Crippen molar-refractivity contribution in [3.8, 4) is 5.75 Å². The van der Waals surface area contributed by atoms with Crippen molar-refractivity contribution in [3.05, 3.63) is 23.0 Å². The number of ether oxygens (including phenoxy) is 2. The Balaban J connectivity index is 1.95. The van der Waals surface area contributed by atoms with E-state index < -0.39 is 0 Å². The molecule has 1 fully saturated rings. The summed E-state index contributed by atoms with van der Waals surface area (Å²) in [5, 5.41) is 16.0. The molecule has 140 valence electrons. The van der Waals surface area contributed by atoms with Crippen LogP contribution >= 0.6 is 0 Å². The molecule has 2 rings (SSSR count). The molecule has 25 heavy (non-hydrogen) atoms. The van der Waals surface area contributed by atoms with Gasteiger partial charge in [-0.15, -0.1) is 0 Å². The highest BCUT2D eigenvalue weighted by Crippen LogP contribution is 2.31. The van der Waals surface area contributed by atoms with Crippen molar-refractivity contribution in [2.45, 2.75) is 33.2 Å². The highest BCUT2D eigenvalue weighted by atomic mass is 16.5. The lowest BCUT2D eigenvalue weighted by atomic mass is 9.84. The van der Waals surface area contributed by atoms with Crippen molar-refractivity contribution in [3.63, 3.8) is 0 Å². The van der Waals surface area contributed by atoms with E-state index in [4.69, 9.17) is 9.47 Å². The van der Waals surface area contributed by atoms with E-state index in [-0.39, 0.29) is 12.0 Å². The quantitative estimate of drug-likeness (QED) is 0.505. The second kappa shape index (κ2) is 9.01. The predicted molar refractivity (Wildman–Crippen MR) is 98.0 cm³/mol. The molecule has 1 atom stereocenters. The van der Waals surface area contributed by atoms with Gasteiger partial charge in [-0.3, -0.25) is 9.98 Å². The molecule has 0 saturated carbocycles. The van der Waals surface area contributed by atoms with Crippen molar-refractivity contribution in [1.82, 2.24) is 15.6 Å². The van der Waals surface area contributed by atoms with Crippen molar-refractivity contribution in [2.24, 2.45) is 10.4 Å². The number of aliphatic hydroxyl groups excluding tert-OH is 1. The summed E-state index contributed by atoms with van der Waals surface area (Å²) in [6, 6.07) is 0. The van der Waals surface area contributed by atoms with Gasteiger partial charge in [-0.2, -0.15) is 0 Å². The Kier molecular flexibility index (Phi) is 7.01. The minimum Gasteiger partial charge on any atom is -0.496 e. The molecule has 0 amide bonds. The third-order valence-electron chi connectivity index (χ3n) is 4.85. The molecule has 2 heterocycles. The summed E-state index contributed by atoms with van der Waals surface area (Å²) in [7, 11) is 3.42. The van der Waals surface area contributed by atoms with E-state index >= 15 is 0 Å². The highest BCUT2D eigenvalue weighted by molar-refractivity contribution is 5.79. The molecule has 0 radical (unpaired) electrons. The molecule has 1 aliphatic heterocycles. The second-order valence-electron chi connectivity index (χ2n) is 6.60. The number of aliphatic hydroxyl groups is 1. The van der Waals surface area contributed by atoms with E-state index in [0.29, 0.717) is 19.1 Å². The molecule has 1 aliphatic rings. The lowest BCUT2D eigenvalue weighted by Gasteiger charge is -2.27. The summed E-state index contributed by atoms with van der Waals surface area (Å²) in [6.07, 6.45) is 3.51. The number of hydrogen-bond donors (Lipinski definition) is 3. The van der Waals surface area contributed by atoms with Gasteiger partial charge in [0.1, 0.15) is 5.75 Å². The van der Waals surface area contributed by atoms with Crippen LogP contribution in [0.5, 0.6) is 5.75 Å². The first-order valence-electron chi connectivity index (χ1n) is 8.67. The van der Waals surface area contributed by atoms with Crippen LogP contribution in [0.25, 0.3) is 0 Å². The second-order valence-corrected chi connectivity index (χ2v) is 6.60. The Hall–Kier alpha value is -1.86. The lowest BCUT2D eigenvalue weighted by Crippen LogP contribution is -2.44. The first-order chi connectivity index (χ1) is 12.0. The number of hydrogen-bond acceptors (Lipinski definition) is 5. The molecule has 3 N–H and O–H groups in total. The number of nitrogens with one attached hydrogen (secondary N) is 2. The van der Waals surface area contributed by atoms with Gasteiger partial charge in [-0.05, 0) is 26.7 Å². The number of methoxy groups -OCH3 is 1. The largest absolute Gasteiger partial charge is 0.496 e. The highest BCUT2D eigenvalue weighted by Gasteiger charge is 2.34. The SMILES string of the molecule is CN=C(NCc1ncc(C)c(OC)c1C)NCC1(CCO)CCOC1. The van der Waals surface area contributed by atoms with Gasteiger partial charge in [0.05, 0.1) is 26.0 Å². The Bertz CT molecular complexity index is 598. The van der Waals surface area contributed by atoms with Gasteiger partial charge in [0, 0.05) is 49.5 Å². The number of rotatable bonds is 7. The van der Waals surface area contributed by atoms with Crippen LogP contribution in [0, 0.1) is 19.3 Å². The summed E-state index contributed by atoms with van der Waals surface area (Å²) in [6.45, 7) is 6.87. The molecular weight excluding hydrogens is 320 g/mol. The van der Waals surface area contributed by atoms with Gasteiger partial charge >= 0.3 is 0 Å². The van der Waals surface area contributed by atoms with E-state index in [0.717, 1.165) is 48.6 Å². The van der Waals surface area contributed by atoms with Crippen molar-refractivity contribution < 1.29 is 14.6 Å². The molecule has 0 aliphatic carbocycles. The fourth-order valence-electron chi connectivity index (χ4n) is 3.22. The van der Waals surface area contributed by atoms with E-state index in [1.165, 1.54) is 0 Å². The van der Waals surface area contributed by atoms with Crippen LogP contribution in [-0.2, 0) is 11.3 Å². The third-order valence-corrected chi connectivity index (χ3v) is 4.85. The number of aliphatic imine (C=N–C) groups is 1. The maximum Gasteiger partial charge on any atom is 0.191 e. The van der Waals surface area contributed by atoms with Gasteiger partial charge in [0.15, 0.2) is 5.96 Å². The number of nitrogens with zero attached hydrogens (tertiary/aromatic N) is 2. The lowest BCUT2D eigenvalue weighted by molar-refractivity contribution is 0.127. The molecule has 7 heteroatoms. The molecule has 1 aromatic heterocycles. The van der Waals surface area contributed by atoms with E-state index in [2.05, 4.69) is 20.6 Å². The first-order valence-corrected chi connectivity index (χ1v) is 8.67. The van der Waals surface area contributed by atoms with Gasteiger partial charge < -0.3 is 25.2 Å². The first kappa shape index (κ1) is 19.5. The third kappa shape index (κ3) is 4.83. The maximum absolute atomic E-state index is 9.32. The summed E-state index contributed by atoms with van der Waals surface area (Å²) < 4.78 is 11.0. The fourth-order valence-corrected chi connectivity index (χ4v) is 3.22. The average molecular weight is 350 g/mol. The van der Waals surface area contributed by atoms with E-state index in [9.17, 15) is 5.11 Å². The van der Waals surface area contributed by atoms with Gasteiger partial charge in [0.2, 0.25) is 0 Å². The fraction of sp³-hybridized carbons (Fsp3) is 0.667. The van der Waals surface area contributed by atoms with Gasteiger partial charge in [0.25, 0.3) is 0 Å². The normalized spacial score (nSPS) is 20.6. The maximum atomic E-state index is 9.32. The smallest absolute Gasteiger partial charge is 0.191 e. The topological polar surface area (TPSA) is 88.0 Å². The minimum atomic E-state index is -0.0202. The molecular formula is C18H30N4O3. The summed E-state index contributed by atoms with van der Waals surface area (Å²) >= 11 is 0. The summed E-state index contributed by atoms with van der Waals surface area (Å²) in [4.78, 5) is 8.77. The average Bonchev–Trinajstić information content (AvgIpc) is 3.06. The number of pyridine rings is 1. The number of aryl methyl sites for hydroxylation is 1. The molecule has 1 saturated heterocycles. The zero-order valence-corrected chi connectivity index (χ0v) is 15.7. The Morgan fingerprint density at radius 3 is 2.84 bits per heavy atom. The number of guanidine groups is 1. The molecule has 0 aromatic carbocycles. The van der Waals surface area contributed by atoms with Crippen LogP contribution in [0.4, 0.5) is 0 Å². The standard InChI is InChI=1S/C18H30N4O3/c1-13-9-20-15(14(2)16(13)24-4)10-21-17(19-3)22-11-18(5-7-23)6-8-25-12-18/h9,23H,5-8,10-12H2,1-4H3,(H2,19,21,22). The Labute approximate surface area is 149 Å². The van der Waals surface area contributed by atoms with Crippen molar-refractivity contribution in [2.75, 3.05) is 40.5 Å². The summed E-state index contributed by atoms with van der Waals surface area (Å²) in [5.41, 5.74) is 2.97. The Morgan fingerprint density at radius 1 is 1.44 bits per heavy atom. The minimum absolute atomic E-state index is 0.0202. The van der Waals surface area contributed by atoms with Crippen LogP contribution in [0.15, 0.2) is 11.2 Å². The molecule has 1 aromatic rings. The van der Waals surface area contributed by atoms with Crippen molar-refractivity contribution in [1.29, 1.82) is 0 Å². The van der Waals surface area contributed by atoms with Crippen molar-refractivity contribution >= 4 is 5.96 Å². The molecule has 1 unspecified atom stereocenters. The zero-order chi connectivity index (χ0) is 18.3. The predicted octanol–water partition coefficient (Wildman–Crippen LogP) is 1.16. The van der Waals surface area contributed by atoms with Crippen LogP contribution < -0.4 is 15.4 Å². The van der Waals surface area contributed by atoms with Crippen LogP contribution in [-0.4, -0.2) is 56.6 Å². The van der Waals surface area contributed by atoms with Gasteiger partial charge in [-0.25, -0.2) is 0 Å².